The maximum absolute atomic E-state index is 12.3. The molecular formula is C16H17N5O2S. The van der Waals surface area contributed by atoms with Gasteiger partial charge in [0.25, 0.3) is 5.56 Å². The number of carbonyl (C=O) groups excluding carboxylic acids is 1. The van der Waals surface area contributed by atoms with Crippen LogP contribution in [-0.4, -0.2) is 20.4 Å². The third kappa shape index (κ3) is 3.77. The molecule has 124 valence electrons. The number of nitrogens with zero attached hydrogens (tertiary/aromatic N) is 3. The highest BCUT2D eigenvalue weighted by Crippen LogP contribution is 2.10. The van der Waals surface area contributed by atoms with Gasteiger partial charge in [-0.15, -0.1) is 11.3 Å². The van der Waals surface area contributed by atoms with Gasteiger partial charge in [-0.25, -0.2) is 9.97 Å². The fourth-order valence-corrected chi connectivity index (χ4v) is 2.92. The number of rotatable bonds is 6. The molecule has 0 spiro atoms. The van der Waals surface area contributed by atoms with Crippen molar-refractivity contribution in [3.63, 3.8) is 0 Å². The maximum atomic E-state index is 12.3. The normalized spacial score (nSPS) is 10.8. The Morgan fingerprint density at radius 1 is 1.33 bits per heavy atom. The van der Waals surface area contributed by atoms with E-state index in [9.17, 15) is 9.59 Å². The summed E-state index contributed by atoms with van der Waals surface area (Å²) in [5.41, 5.74) is 6.89. The van der Waals surface area contributed by atoms with Crippen molar-refractivity contribution in [2.24, 2.45) is 0 Å². The minimum Gasteiger partial charge on any atom is -0.375 e. The second-order valence-electron chi connectivity index (χ2n) is 5.32. The Bertz CT molecular complexity index is 918. The smallest absolute Gasteiger partial charge is 0.261 e. The van der Waals surface area contributed by atoms with Crippen LogP contribution in [0.3, 0.4) is 0 Å². The minimum absolute atomic E-state index is 0.0802. The molecule has 0 unspecified atom stereocenters. The second kappa shape index (κ2) is 7.22. The van der Waals surface area contributed by atoms with Gasteiger partial charge in [-0.3, -0.25) is 14.2 Å². The summed E-state index contributed by atoms with van der Waals surface area (Å²) in [4.78, 5) is 32.5. The third-order valence-corrected chi connectivity index (χ3v) is 4.29. The van der Waals surface area contributed by atoms with Crippen LogP contribution in [0.15, 0.2) is 40.8 Å². The lowest BCUT2D eigenvalue weighted by Gasteiger charge is -2.07. The van der Waals surface area contributed by atoms with Gasteiger partial charge in [-0.1, -0.05) is 12.1 Å². The molecule has 3 N–H and O–H groups in total. The second-order valence-corrected chi connectivity index (χ2v) is 6.21. The number of benzene rings is 1. The minimum atomic E-state index is -0.0843. The first-order valence-electron chi connectivity index (χ1n) is 7.54. The molecule has 2 aromatic heterocycles. The van der Waals surface area contributed by atoms with Gasteiger partial charge in [0.1, 0.15) is 0 Å². The van der Waals surface area contributed by atoms with Crippen LogP contribution in [0.25, 0.3) is 10.9 Å². The van der Waals surface area contributed by atoms with Crippen molar-refractivity contribution < 1.29 is 4.79 Å². The molecule has 24 heavy (non-hydrogen) atoms. The highest BCUT2D eigenvalue weighted by Gasteiger charge is 2.06. The van der Waals surface area contributed by atoms with E-state index in [0.29, 0.717) is 42.0 Å². The number of nitrogens with two attached hydrogens (primary N) is 1. The molecule has 0 saturated carbocycles. The molecule has 0 bridgehead atoms. The number of aryl methyl sites for hydroxylation is 1. The average molecular weight is 343 g/mol. The standard InChI is InChI=1S/C16H17N5O2S/c17-16-20-11(9-24-16)8-18-14(22)6-3-7-21-10-19-13-5-2-1-4-12(13)15(21)23/h1-2,4-5,9-10H,3,6-8H2,(H2,17,20)(H,18,22). The summed E-state index contributed by atoms with van der Waals surface area (Å²) in [6, 6.07) is 7.22. The molecular weight excluding hydrogens is 326 g/mol. The average Bonchev–Trinajstić information content (AvgIpc) is 3.01. The zero-order valence-electron chi connectivity index (χ0n) is 12.9. The molecule has 0 aliphatic heterocycles. The van der Waals surface area contributed by atoms with Crippen LogP contribution >= 0.6 is 11.3 Å². The van der Waals surface area contributed by atoms with Gasteiger partial charge in [-0.2, -0.15) is 0 Å². The largest absolute Gasteiger partial charge is 0.375 e. The number of thiazole rings is 1. The summed E-state index contributed by atoms with van der Waals surface area (Å²) in [5, 5.41) is 5.68. The summed E-state index contributed by atoms with van der Waals surface area (Å²) in [6.45, 7) is 0.817. The molecule has 8 heteroatoms. The van der Waals surface area contributed by atoms with Gasteiger partial charge in [0.2, 0.25) is 5.91 Å². The van der Waals surface area contributed by atoms with Gasteiger partial charge < -0.3 is 11.1 Å². The highest BCUT2D eigenvalue weighted by molar-refractivity contribution is 7.13. The molecule has 0 radical (unpaired) electrons. The Morgan fingerprint density at radius 2 is 2.17 bits per heavy atom. The Balaban J connectivity index is 1.52. The quantitative estimate of drug-likeness (QED) is 0.706. The molecule has 0 saturated heterocycles. The number of anilines is 1. The first kappa shape index (κ1) is 16.1. The predicted octanol–water partition coefficient (Wildman–Crippen LogP) is 1.53. The number of hydrogen-bond donors (Lipinski definition) is 2. The highest BCUT2D eigenvalue weighted by atomic mass is 32.1. The predicted molar refractivity (Wildman–Crippen MR) is 93.6 cm³/mol. The molecule has 7 nitrogen and oxygen atoms in total. The third-order valence-electron chi connectivity index (χ3n) is 3.57. The van der Waals surface area contributed by atoms with E-state index in [1.165, 1.54) is 22.2 Å². The van der Waals surface area contributed by atoms with E-state index in [1.807, 2.05) is 17.5 Å². The molecule has 0 aliphatic carbocycles. The van der Waals surface area contributed by atoms with Crippen molar-refractivity contribution in [2.45, 2.75) is 25.9 Å². The molecule has 0 atom stereocenters. The first-order chi connectivity index (χ1) is 11.6. The van der Waals surface area contributed by atoms with E-state index in [4.69, 9.17) is 5.73 Å². The summed E-state index contributed by atoms with van der Waals surface area (Å²) in [7, 11) is 0. The van der Waals surface area contributed by atoms with Crippen molar-refractivity contribution in [1.29, 1.82) is 0 Å². The van der Waals surface area contributed by atoms with Crippen LogP contribution in [0, 0.1) is 0 Å². The lowest BCUT2D eigenvalue weighted by Crippen LogP contribution is -2.25. The zero-order valence-corrected chi connectivity index (χ0v) is 13.8. The van der Waals surface area contributed by atoms with Crippen LogP contribution in [0.2, 0.25) is 0 Å². The molecule has 1 aromatic carbocycles. The number of nitrogen functional groups attached to an aromatic ring is 1. The van der Waals surface area contributed by atoms with Gasteiger partial charge in [0.15, 0.2) is 5.13 Å². The van der Waals surface area contributed by atoms with E-state index in [2.05, 4.69) is 15.3 Å². The monoisotopic (exact) mass is 343 g/mol. The number of fused-ring (bicyclic) bond motifs is 1. The van der Waals surface area contributed by atoms with Gasteiger partial charge in [-0.05, 0) is 18.6 Å². The lowest BCUT2D eigenvalue weighted by molar-refractivity contribution is -0.121. The van der Waals surface area contributed by atoms with Crippen molar-refractivity contribution in [3.05, 3.63) is 52.0 Å². The summed E-state index contributed by atoms with van der Waals surface area (Å²) in [5.74, 6) is -0.0802. The fourth-order valence-electron chi connectivity index (χ4n) is 2.36. The molecule has 1 amide bonds. The van der Waals surface area contributed by atoms with Gasteiger partial charge >= 0.3 is 0 Å². The number of nitrogens with one attached hydrogen (secondary N) is 1. The maximum Gasteiger partial charge on any atom is 0.261 e. The van der Waals surface area contributed by atoms with E-state index < -0.39 is 0 Å². The number of aromatic nitrogens is 3. The van der Waals surface area contributed by atoms with Crippen LogP contribution in [-0.2, 0) is 17.9 Å². The molecule has 3 rings (SSSR count). The topological polar surface area (TPSA) is 103 Å². The summed E-state index contributed by atoms with van der Waals surface area (Å²) in [6.07, 6.45) is 2.42. The van der Waals surface area contributed by atoms with Crippen molar-refractivity contribution in [2.75, 3.05) is 5.73 Å². The Hall–Kier alpha value is -2.74. The lowest BCUT2D eigenvalue weighted by atomic mass is 10.2. The SMILES string of the molecule is Nc1nc(CNC(=O)CCCn2cnc3ccccc3c2=O)cs1. The van der Waals surface area contributed by atoms with Crippen LogP contribution in [0.1, 0.15) is 18.5 Å². The van der Waals surface area contributed by atoms with Crippen LogP contribution < -0.4 is 16.6 Å². The van der Waals surface area contributed by atoms with Crippen molar-refractivity contribution >= 4 is 33.3 Å². The van der Waals surface area contributed by atoms with Gasteiger partial charge in [0.05, 0.1) is 29.5 Å². The van der Waals surface area contributed by atoms with Crippen molar-refractivity contribution in [1.82, 2.24) is 19.9 Å². The van der Waals surface area contributed by atoms with E-state index in [1.54, 1.807) is 12.1 Å². The number of carbonyl (C=O) groups is 1. The van der Waals surface area contributed by atoms with E-state index in [-0.39, 0.29) is 11.5 Å². The van der Waals surface area contributed by atoms with E-state index in [0.717, 1.165) is 5.69 Å². The molecule has 3 aromatic rings. The number of amides is 1. The Labute approximate surface area is 142 Å². The fraction of sp³-hybridized carbons (Fsp3) is 0.250. The summed E-state index contributed by atoms with van der Waals surface area (Å²) < 4.78 is 1.54. The van der Waals surface area contributed by atoms with Crippen molar-refractivity contribution in [3.8, 4) is 0 Å². The Kier molecular flexibility index (Phi) is 4.85. The molecule has 0 fully saturated rings. The molecule has 0 aliphatic rings. The number of hydrogen-bond acceptors (Lipinski definition) is 6. The zero-order chi connectivity index (χ0) is 16.9. The van der Waals surface area contributed by atoms with Gasteiger partial charge in [0, 0.05) is 18.3 Å². The van der Waals surface area contributed by atoms with E-state index >= 15 is 0 Å². The Morgan fingerprint density at radius 3 is 2.96 bits per heavy atom. The number of para-hydroxylation sites is 1. The van der Waals surface area contributed by atoms with Crippen LogP contribution in [0.4, 0.5) is 5.13 Å². The first-order valence-corrected chi connectivity index (χ1v) is 8.42. The van der Waals surface area contributed by atoms with Crippen LogP contribution in [0.5, 0.6) is 0 Å². The molecule has 2 heterocycles. The summed E-state index contributed by atoms with van der Waals surface area (Å²) >= 11 is 1.34.